The maximum absolute atomic E-state index is 12.0. The van der Waals surface area contributed by atoms with Gasteiger partial charge in [0, 0.05) is 5.69 Å². The van der Waals surface area contributed by atoms with Crippen LogP contribution in [-0.4, -0.2) is 26.5 Å². The van der Waals surface area contributed by atoms with Crippen LogP contribution in [0, 0.1) is 6.92 Å². The normalized spacial score (nSPS) is 10.9. The summed E-state index contributed by atoms with van der Waals surface area (Å²) in [7, 11) is 0. The van der Waals surface area contributed by atoms with Gasteiger partial charge in [0.1, 0.15) is 5.82 Å². The van der Waals surface area contributed by atoms with Gasteiger partial charge in [-0.2, -0.15) is 0 Å². The number of aryl methyl sites for hydroxylation is 1. The fraction of sp³-hybridized carbons (Fsp3) is 0.357. The molecule has 1 aromatic carbocycles. The molecule has 1 heterocycles. The van der Waals surface area contributed by atoms with Crippen molar-refractivity contribution in [2.24, 2.45) is 0 Å². The molecule has 1 amide bonds. The summed E-state index contributed by atoms with van der Waals surface area (Å²) in [4.78, 5) is 12.0. The van der Waals surface area contributed by atoms with Crippen molar-refractivity contribution in [1.29, 1.82) is 0 Å². The first-order chi connectivity index (χ1) is 9.99. The molecule has 3 N–H and O–H groups in total. The highest BCUT2D eigenvalue weighted by atomic mass is 32.2. The summed E-state index contributed by atoms with van der Waals surface area (Å²) in [5, 5.41) is 11.2. The van der Waals surface area contributed by atoms with Gasteiger partial charge in [0.2, 0.25) is 11.1 Å². The maximum Gasteiger partial charge on any atom is 0.234 e. The first-order valence-corrected chi connectivity index (χ1v) is 7.66. The highest BCUT2D eigenvalue weighted by Gasteiger charge is 2.12. The Bertz CT molecular complexity index is 638. The number of anilines is 1. The van der Waals surface area contributed by atoms with E-state index in [1.54, 1.807) is 6.92 Å². The van der Waals surface area contributed by atoms with Gasteiger partial charge in [-0.3, -0.25) is 4.79 Å². The van der Waals surface area contributed by atoms with Crippen molar-refractivity contribution in [3.63, 3.8) is 0 Å². The molecule has 0 unspecified atom stereocenters. The minimum Gasteiger partial charge on any atom is -0.336 e. The van der Waals surface area contributed by atoms with Gasteiger partial charge in [0.05, 0.1) is 5.75 Å². The zero-order chi connectivity index (χ0) is 15.4. The summed E-state index contributed by atoms with van der Waals surface area (Å²) < 4.78 is 1.38. The Labute approximate surface area is 128 Å². The second kappa shape index (κ2) is 6.62. The molecule has 0 aliphatic rings. The Kier molecular flexibility index (Phi) is 4.85. The Balaban J connectivity index is 1.98. The summed E-state index contributed by atoms with van der Waals surface area (Å²) in [5.74, 6) is 6.86. The van der Waals surface area contributed by atoms with Crippen LogP contribution in [0.1, 0.15) is 31.2 Å². The lowest BCUT2D eigenvalue weighted by Crippen LogP contribution is -2.17. The molecule has 6 nitrogen and oxygen atoms in total. The summed E-state index contributed by atoms with van der Waals surface area (Å²) in [6, 6.07) is 7.81. The molecule has 7 heteroatoms. The molecular weight excluding hydrogens is 286 g/mol. The van der Waals surface area contributed by atoms with Crippen LogP contribution in [0.5, 0.6) is 0 Å². The molecule has 0 bridgehead atoms. The lowest BCUT2D eigenvalue weighted by atomic mass is 10.0. The number of carbonyl (C=O) groups excluding carboxylic acids is 1. The van der Waals surface area contributed by atoms with Crippen molar-refractivity contribution in [3.8, 4) is 0 Å². The van der Waals surface area contributed by atoms with E-state index in [2.05, 4.69) is 29.4 Å². The highest BCUT2D eigenvalue weighted by Crippen LogP contribution is 2.24. The van der Waals surface area contributed by atoms with Crippen LogP contribution in [0.25, 0.3) is 0 Å². The van der Waals surface area contributed by atoms with E-state index in [9.17, 15) is 4.79 Å². The van der Waals surface area contributed by atoms with E-state index in [0.717, 1.165) is 11.3 Å². The van der Waals surface area contributed by atoms with Gasteiger partial charge in [-0.15, -0.1) is 10.2 Å². The van der Waals surface area contributed by atoms with Gasteiger partial charge in [-0.05, 0) is 24.5 Å². The van der Waals surface area contributed by atoms with E-state index in [1.807, 2.05) is 24.3 Å². The van der Waals surface area contributed by atoms with E-state index in [-0.39, 0.29) is 11.7 Å². The smallest absolute Gasteiger partial charge is 0.234 e. The van der Waals surface area contributed by atoms with Gasteiger partial charge >= 0.3 is 0 Å². The highest BCUT2D eigenvalue weighted by molar-refractivity contribution is 7.99. The van der Waals surface area contributed by atoms with Gasteiger partial charge in [0.25, 0.3) is 0 Å². The molecule has 0 saturated heterocycles. The van der Waals surface area contributed by atoms with Gasteiger partial charge in [-0.25, -0.2) is 4.68 Å². The second-order valence-electron chi connectivity index (χ2n) is 4.98. The molecule has 0 radical (unpaired) electrons. The molecule has 2 rings (SSSR count). The number of amides is 1. The summed E-state index contributed by atoms with van der Waals surface area (Å²) in [5.41, 5.74) is 1.97. The third kappa shape index (κ3) is 3.75. The molecule has 0 fully saturated rings. The molecule has 2 aromatic rings. The topological polar surface area (TPSA) is 85.8 Å². The number of hydrogen-bond acceptors (Lipinski definition) is 5. The molecule has 0 aliphatic heterocycles. The Hall–Kier alpha value is -2.02. The minimum atomic E-state index is -0.0891. The number of nitrogens with zero attached hydrogens (tertiary/aromatic N) is 3. The van der Waals surface area contributed by atoms with Crippen LogP contribution in [0.15, 0.2) is 29.4 Å². The largest absolute Gasteiger partial charge is 0.336 e. The number of nitrogen functional groups attached to an aromatic ring is 1. The number of aromatic nitrogens is 3. The first kappa shape index (κ1) is 15.4. The van der Waals surface area contributed by atoms with E-state index in [1.165, 1.54) is 16.4 Å². The van der Waals surface area contributed by atoms with Crippen molar-refractivity contribution in [2.45, 2.75) is 31.8 Å². The third-order valence-electron chi connectivity index (χ3n) is 3.02. The standard InChI is InChI=1S/C14H19N5OS/c1-9(2)11-6-4-5-7-12(11)16-13(20)8-21-14-18-17-10(3)19(14)15/h4-7,9H,8,15H2,1-3H3,(H,16,20). The quantitative estimate of drug-likeness (QED) is 0.653. The number of thioether (sulfide) groups is 1. The number of rotatable bonds is 5. The monoisotopic (exact) mass is 305 g/mol. The van der Waals surface area contributed by atoms with E-state index in [4.69, 9.17) is 5.84 Å². The average Bonchev–Trinajstić information content (AvgIpc) is 2.77. The molecule has 1 aromatic heterocycles. The Morgan fingerprint density at radius 1 is 1.38 bits per heavy atom. The van der Waals surface area contributed by atoms with Gasteiger partial charge in [-0.1, -0.05) is 43.8 Å². The summed E-state index contributed by atoms with van der Waals surface area (Å²) >= 11 is 1.26. The number of para-hydroxylation sites is 1. The lowest BCUT2D eigenvalue weighted by Gasteiger charge is -2.13. The fourth-order valence-corrected chi connectivity index (χ4v) is 2.58. The van der Waals surface area contributed by atoms with E-state index in [0.29, 0.717) is 16.9 Å². The molecular formula is C14H19N5OS. The average molecular weight is 305 g/mol. The Morgan fingerprint density at radius 3 is 2.71 bits per heavy atom. The van der Waals surface area contributed by atoms with Crippen molar-refractivity contribution in [2.75, 3.05) is 16.9 Å². The summed E-state index contributed by atoms with van der Waals surface area (Å²) in [6.07, 6.45) is 0. The molecule has 112 valence electrons. The molecule has 0 saturated carbocycles. The van der Waals surface area contributed by atoms with Crippen LogP contribution >= 0.6 is 11.8 Å². The number of carbonyl (C=O) groups is 1. The number of nitrogens with two attached hydrogens (primary N) is 1. The fourth-order valence-electron chi connectivity index (χ4n) is 1.88. The van der Waals surface area contributed by atoms with Crippen LogP contribution in [0.4, 0.5) is 5.69 Å². The minimum absolute atomic E-state index is 0.0891. The zero-order valence-electron chi connectivity index (χ0n) is 12.3. The maximum atomic E-state index is 12.0. The molecule has 0 atom stereocenters. The van der Waals surface area contributed by atoms with Crippen molar-refractivity contribution >= 4 is 23.4 Å². The van der Waals surface area contributed by atoms with Crippen molar-refractivity contribution in [1.82, 2.24) is 14.9 Å². The van der Waals surface area contributed by atoms with Gasteiger partial charge in [0.15, 0.2) is 0 Å². The summed E-state index contributed by atoms with van der Waals surface area (Å²) in [6.45, 7) is 5.95. The zero-order valence-corrected chi connectivity index (χ0v) is 13.1. The van der Waals surface area contributed by atoms with Crippen LogP contribution in [-0.2, 0) is 4.79 Å². The van der Waals surface area contributed by atoms with Crippen molar-refractivity contribution < 1.29 is 4.79 Å². The predicted molar refractivity (Wildman–Crippen MR) is 84.8 cm³/mol. The number of benzene rings is 1. The van der Waals surface area contributed by atoms with Crippen LogP contribution in [0.2, 0.25) is 0 Å². The lowest BCUT2D eigenvalue weighted by molar-refractivity contribution is -0.113. The SMILES string of the molecule is Cc1nnc(SCC(=O)Nc2ccccc2C(C)C)n1N. The second-order valence-corrected chi connectivity index (χ2v) is 5.92. The van der Waals surface area contributed by atoms with E-state index < -0.39 is 0 Å². The Morgan fingerprint density at radius 2 is 2.10 bits per heavy atom. The van der Waals surface area contributed by atoms with E-state index >= 15 is 0 Å². The molecule has 21 heavy (non-hydrogen) atoms. The number of nitrogens with one attached hydrogen (secondary N) is 1. The predicted octanol–water partition coefficient (Wildman–Crippen LogP) is 2.15. The van der Waals surface area contributed by atoms with Crippen LogP contribution < -0.4 is 11.2 Å². The first-order valence-electron chi connectivity index (χ1n) is 6.67. The number of hydrogen-bond donors (Lipinski definition) is 2. The molecule has 0 spiro atoms. The molecule has 0 aliphatic carbocycles. The van der Waals surface area contributed by atoms with Gasteiger partial charge < -0.3 is 11.2 Å². The third-order valence-corrected chi connectivity index (χ3v) is 3.97. The van der Waals surface area contributed by atoms with Crippen LogP contribution in [0.3, 0.4) is 0 Å². The van der Waals surface area contributed by atoms with Crippen molar-refractivity contribution in [3.05, 3.63) is 35.7 Å².